The minimum atomic E-state index is -1.75. The molecule has 41 nitrogen and oxygen atoms in total. The minimum Gasteiger partial charge on any atom is -0.508 e. The van der Waals surface area contributed by atoms with Crippen LogP contribution in [0.25, 0.3) is 21.8 Å². The molecule has 4 saturated heterocycles. The van der Waals surface area contributed by atoms with Gasteiger partial charge < -0.3 is 119 Å². The van der Waals surface area contributed by atoms with Gasteiger partial charge in [-0.15, -0.1) is 11.8 Å². The molecular formula is C94H137N21O20S. The molecule has 0 radical (unpaired) electrons. The Morgan fingerprint density at radius 1 is 0.551 bits per heavy atom. The number of aromatic hydroxyl groups is 1. The van der Waals surface area contributed by atoms with Gasteiger partial charge >= 0.3 is 0 Å². The number of phenols is 1. The lowest BCUT2D eigenvalue weighted by atomic mass is 9.99. The van der Waals surface area contributed by atoms with E-state index in [-0.39, 0.29) is 101 Å². The van der Waals surface area contributed by atoms with Gasteiger partial charge in [-0.2, -0.15) is 0 Å². The van der Waals surface area contributed by atoms with E-state index in [1.165, 1.54) is 62.1 Å². The lowest BCUT2D eigenvalue weighted by Gasteiger charge is -2.36. The molecule has 6 heterocycles. The van der Waals surface area contributed by atoms with Gasteiger partial charge in [-0.1, -0.05) is 116 Å². The van der Waals surface area contributed by atoms with Gasteiger partial charge in [0.2, 0.25) is 100 Å². The Balaban J connectivity index is 1.06. The number of aliphatic hydroxyl groups is 1. The third-order valence-corrected chi connectivity index (χ3v) is 26.0. The molecule has 744 valence electrons. The van der Waals surface area contributed by atoms with E-state index in [1.54, 1.807) is 70.4 Å². The second-order valence-electron chi connectivity index (χ2n) is 36.3. The fourth-order valence-corrected chi connectivity index (χ4v) is 18.2. The highest BCUT2D eigenvalue weighted by molar-refractivity contribution is 8.00. The first-order valence-corrected chi connectivity index (χ1v) is 48.1. The number of carbonyl (C=O) groups excluding carboxylic acids is 17. The van der Waals surface area contributed by atoms with Crippen molar-refractivity contribution in [2.75, 3.05) is 105 Å². The van der Waals surface area contributed by atoms with Crippen LogP contribution in [0.5, 0.6) is 5.75 Å². The number of ether oxygens (including phenoxy) is 1. The molecule has 4 aliphatic rings. The Morgan fingerprint density at radius 3 is 1.72 bits per heavy atom. The van der Waals surface area contributed by atoms with Crippen molar-refractivity contribution in [1.82, 2.24) is 97.9 Å². The Kier molecular flexibility index (Phi) is 41.2. The van der Waals surface area contributed by atoms with Crippen LogP contribution in [-0.2, 0) is 106 Å². The van der Waals surface area contributed by atoms with Crippen LogP contribution >= 0.6 is 11.8 Å². The zero-order valence-corrected chi connectivity index (χ0v) is 80.1. The van der Waals surface area contributed by atoms with Crippen molar-refractivity contribution in [1.29, 1.82) is 0 Å². The maximum atomic E-state index is 15.6. The molecular weight excluding hydrogens is 1780 g/mol. The number of primary amides is 1. The topological polar surface area (TPSA) is 575 Å². The monoisotopic (exact) mass is 1910 g/mol. The summed E-state index contributed by atoms with van der Waals surface area (Å²) in [6.07, 6.45) is 2.94. The van der Waals surface area contributed by atoms with E-state index in [0.717, 1.165) is 39.6 Å². The van der Waals surface area contributed by atoms with Gasteiger partial charge in [0, 0.05) is 126 Å². The van der Waals surface area contributed by atoms with Crippen LogP contribution in [0.3, 0.4) is 0 Å². The highest BCUT2D eigenvalue weighted by atomic mass is 32.2. The highest BCUT2D eigenvalue weighted by Crippen LogP contribution is 2.28. The van der Waals surface area contributed by atoms with Gasteiger partial charge in [0.1, 0.15) is 84.3 Å². The van der Waals surface area contributed by atoms with Crippen LogP contribution in [0.4, 0.5) is 0 Å². The van der Waals surface area contributed by atoms with E-state index < -0.39 is 223 Å². The standard InChI is InChI=1S/C94H137N21O20S/c1-11-13-25-74-87(127)104-66(39-54(3)4)85(125)109-73(84(124)100-49-79(119)97-32-20-33-113-35-37-135-38-36-113)52-136-53-81(121)103-69(41-57-28-30-60(116)31-29-57)90(130)110(8)56(7)82(122)106-71(45-78(96)118)92(132)114-34-19-27-75(114)88(128)108-72(46-95)86(126)107-68(40-55(5)6)93(133)115-51-61(117)44-77(115)89(129)105-67(42-58-47-98-64-23-17-15-21-62(58)64)83(123)101-50-80(120)102-70(43-59-48-99-65-24-18-16-22-63(59)65)91(131)112(10)76(26-14-12-2)94(134)111(74)9/h15-18,21-24,28-31,47-48,54-56,61,66-77,98-99,116-117H,11-14,19-20,25-27,32-46,49-53,95H2,1-10H3,(H2,96,118)(H,97,119)(H,100,124)(H,101,123)(H,102,120)(H,103,121)(H,104,127)(H,105,129)(H,106,122)(H,107,126)(H,108,128)(H,109,125)/t56-,61+,66-,67-,68-,69-,70?,71-,72-,73-,74-,75-,76-,77-/m0/s1. The molecule has 4 fully saturated rings. The lowest BCUT2D eigenvalue weighted by molar-refractivity contribution is -0.149. The first-order chi connectivity index (χ1) is 64.9. The van der Waals surface area contributed by atoms with E-state index in [9.17, 15) is 58.2 Å². The number of rotatable bonds is 26. The maximum absolute atomic E-state index is 15.6. The number of aromatic nitrogens is 2. The Bertz CT molecular complexity index is 5010. The molecule has 0 spiro atoms. The number of aliphatic hydroxyl groups excluding tert-OH is 1. The third kappa shape index (κ3) is 30.6. The number of nitrogens with two attached hydrogens (primary N) is 2. The fraction of sp³-hybridized carbons (Fsp3) is 0.585. The molecule has 42 heteroatoms. The van der Waals surface area contributed by atoms with Crippen LogP contribution in [0.15, 0.2) is 85.2 Å². The lowest BCUT2D eigenvalue weighted by Crippen LogP contribution is -2.61. The van der Waals surface area contributed by atoms with E-state index in [4.69, 9.17) is 16.2 Å². The molecule has 17 amide bonds. The van der Waals surface area contributed by atoms with E-state index in [0.29, 0.717) is 90.4 Å². The number of thioether (sulfide) groups is 1. The normalized spacial score (nSPS) is 25.0. The summed E-state index contributed by atoms with van der Waals surface area (Å²) in [5.74, 6) is -16.2. The highest BCUT2D eigenvalue weighted by Gasteiger charge is 2.46. The number of nitrogens with zero attached hydrogens (tertiary/aromatic N) is 6. The second-order valence-corrected chi connectivity index (χ2v) is 37.3. The van der Waals surface area contributed by atoms with Crippen LogP contribution in [0.1, 0.15) is 149 Å². The van der Waals surface area contributed by atoms with Crippen molar-refractivity contribution in [2.24, 2.45) is 23.3 Å². The van der Waals surface area contributed by atoms with Gasteiger partial charge in [-0.3, -0.25) is 86.4 Å². The molecule has 136 heavy (non-hydrogen) atoms. The molecule has 2 aromatic heterocycles. The van der Waals surface area contributed by atoms with Gasteiger partial charge in [0.25, 0.3) is 0 Å². The number of hydrogen-bond acceptors (Lipinski definition) is 23. The number of H-pyrrole nitrogens is 2. The quantitative estimate of drug-likeness (QED) is 0.0290. The van der Waals surface area contributed by atoms with E-state index in [2.05, 4.69) is 73.4 Å². The first kappa shape index (κ1) is 107. The number of amides is 17. The summed E-state index contributed by atoms with van der Waals surface area (Å²) in [6, 6.07) is 0.977. The van der Waals surface area contributed by atoms with Crippen LogP contribution in [0.2, 0.25) is 0 Å². The second kappa shape index (κ2) is 52.2. The Labute approximate surface area is 795 Å². The average molecular weight is 1910 g/mol. The molecule has 9 rings (SSSR count). The number of unbranched alkanes of at least 4 members (excludes halogenated alkanes) is 2. The SMILES string of the molecule is CCCC[C@H]1C(=O)N(C)[C@@H](CCCC)C(=O)N[C@@H](CC(C)C)C(=O)N[C@H](C(=O)NCC(=O)NCCCN2CCOCC2)CSCC(=O)N[C@@H](Cc2ccc(O)cc2)C(=O)N(C)[C@@H](C)C(=O)N[C@@H](CC(N)=O)C(=O)N2CCC[C@H]2C(=O)N[C@@H](CN)C(=O)N[C@@H](CC(C)C)C(=O)N2C[C@H](O)C[C@H]2C(=O)N[C@@H](Cc2c[nH]c3ccccc23)C(=O)NCC(=O)NC(Cc2c[nH]c3ccccc23)C(=O)N1C. The van der Waals surface area contributed by atoms with Gasteiger partial charge in [0.15, 0.2) is 0 Å². The molecule has 4 aliphatic heterocycles. The predicted molar refractivity (Wildman–Crippen MR) is 507 cm³/mol. The molecule has 0 bridgehead atoms. The maximum Gasteiger partial charge on any atom is 0.246 e. The average Bonchev–Trinajstić information content (AvgIpc) is 1.20. The van der Waals surface area contributed by atoms with Crippen molar-refractivity contribution in [3.05, 3.63) is 102 Å². The van der Waals surface area contributed by atoms with Crippen molar-refractivity contribution in [3.8, 4) is 5.75 Å². The molecule has 3 aromatic carbocycles. The molecule has 19 N–H and O–H groups in total. The van der Waals surface area contributed by atoms with Crippen molar-refractivity contribution in [3.63, 3.8) is 0 Å². The van der Waals surface area contributed by atoms with Crippen molar-refractivity contribution >= 4 is 134 Å². The third-order valence-electron chi connectivity index (χ3n) is 25.0. The number of nitrogens with one attached hydrogen (secondary N) is 13. The summed E-state index contributed by atoms with van der Waals surface area (Å²) in [6.45, 7) is 13.3. The summed E-state index contributed by atoms with van der Waals surface area (Å²) < 4.78 is 5.46. The molecule has 0 saturated carbocycles. The molecule has 1 unspecified atom stereocenters. The number of fused-ring (bicyclic) bond motifs is 4. The summed E-state index contributed by atoms with van der Waals surface area (Å²) in [5.41, 5.74) is 14.8. The number of hydrogen-bond donors (Lipinski definition) is 17. The Morgan fingerprint density at radius 2 is 1.10 bits per heavy atom. The number of para-hydroxylation sites is 2. The van der Waals surface area contributed by atoms with Crippen LogP contribution in [0, 0.1) is 11.8 Å². The zero-order valence-electron chi connectivity index (χ0n) is 79.3. The first-order valence-electron chi connectivity index (χ1n) is 46.9. The number of aromatic amines is 2. The number of morpholine rings is 1. The Hall–Kier alpha value is -12.3. The van der Waals surface area contributed by atoms with Gasteiger partial charge in [-0.05, 0) is 111 Å². The van der Waals surface area contributed by atoms with Crippen molar-refractivity contribution in [2.45, 2.75) is 236 Å². The summed E-state index contributed by atoms with van der Waals surface area (Å²) in [5, 5.41) is 52.7. The summed E-state index contributed by atoms with van der Waals surface area (Å²) in [7, 11) is 4.06. The molecule has 0 aliphatic carbocycles. The molecule has 5 aromatic rings. The van der Waals surface area contributed by atoms with Crippen molar-refractivity contribution < 1.29 is 96.5 Å². The largest absolute Gasteiger partial charge is 0.508 e. The number of benzene rings is 3. The van der Waals surface area contributed by atoms with E-state index in [1.807, 2.05) is 32.0 Å². The minimum absolute atomic E-state index is 0.00209. The van der Waals surface area contributed by atoms with E-state index >= 15 is 33.6 Å². The summed E-state index contributed by atoms with van der Waals surface area (Å²) >= 11 is 0.837. The van der Waals surface area contributed by atoms with Gasteiger partial charge in [0.05, 0.1) is 44.6 Å². The van der Waals surface area contributed by atoms with Crippen LogP contribution in [-0.4, -0.2) is 339 Å². The molecule has 14 atom stereocenters. The fourth-order valence-electron chi connectivity index (χ4n) is 17.3. The zero-order chi connectivity index (χ0) is 99.1. The van der Waals surface area contributed by atoms with Crippen LogP contribution < -0.4 is 70.0 Å². The predicted octanol–water partition coefficient (Wildman–Crippen LogP) is -1.16. The number of likely N-dealkylation sites (N-methyl/N-ethyl adjacent to an activating group) is 3. The number of phenolic OH excluding ortho intramolecular Hbond substituents is 1. The summed E-state index contributed by atoms with van der Waals surface area (Å²) in [4.78, 5) is 264. The van der Waals surface area contributed by atoms with Gasteiger partial charge in [-0.25, -0.2) is 0 Å². The number of carbonyl (C=O) groups is 17. The smallest absolute Gasteiger partial charge is 0.246 e.